The molecule has 0 aromatic heterocycles. The van der Waals surface area contributed by atoms with Crippen molar-refractivity contribution < 1.29 is 14.3 Å². The van der Waals surface area contributed by atoms with E-state index < -0.39 is 6.04 Å². The second-order valence-corrected chi connectivity index (χ2v) is 3.69. The third kappa shape index (κ3) is 5.40. The van der Waals surface area contributed by atoms with Gasteiger partial charge >= 0.3 is 5.97 Å². The maximum atomic E-state index is 11.4. The van der Waals surface area contributed by atoms with Crippen LogP contribution >= 0.6 is 0 Å². The third-order valence-corrected chi connectivity index (χ3v) is 2.59. The summed E-state index contributed by atoms with van der Waals surface area (Å²) in [6.45, 7) is 5.56. The van der Waals surface area contributed by atoms with E-state index in [0.717, 1.165) is 12.8 Å². The highest BCUT2D eigenvalue weighted by atomic mass is 16.5. The van der Waals surface area contributed by atoms with Crippen LogP contribution in [-0.2, 0) is 14.3 Å². The maximum Gasteiger partial charge on any atom is 0.328 e. The van der Waals surface area contributed by atoms with Crippen LogP contribution in [0.25, 0.3) is 0 Å². The van der Waals surface area contributed by atoms with Gasteiger partial charge in [0.15, 0.2) is 0 Å². The van der Waals surface area contributed by atoms with Gasteiger partial charge in [-0.15, -0.1) is 0 Å². The van der Waals surface area contributed by atoms with E-state index in [1.807, 2.05) is 0 Å². The lowest BCUT2D eigenvalue weighted by Gasteiger charge is -2.20. The molecule has 0 aliphatic heterocycles. The molecule has 15 heavy (non-hydrogen) atoms. The van der Waals surface area contributed by atoms with E-state index in [4.69, 9.17) is 0 Å². The zero-order valence-electron chi connectivity index (χ0n) is 10.0. The van der Waals surface area contributed by atoms with E-state index in [0.29, 0.717) is 12.3 Å². The number of carbonyl (C=O) groups is 2. The van der Waals surface area contributed by atoms with Gasteiger partial charge in [0, 0.05) is 6.92 Å². The van der Waals surface area contributed by atoms with Crippen LogP contribution < -0.4 is 5.32 Å². The number of ether oxygens (including phenoxy) is 1. The molecular formula is C11H21NO3. The van der Waals surface area contributed by atoms with Crippen molar-refractivity contribution in [2.75, 3.05) is 7.11 Å². The van der Waals surface area contributed by atoms with E-state index >= 15 is 0 Å². The minimum Gasteiger partial charge on any atom is -0.467 e. The molecule has 0 aromatic carbocycles. The molecule has 0 aliphatic carbocycles. The zero-order valence-corrected chi connectivity index (χ0v) is 10.0. The van der Waals surface area contributed by atoms with Gasteiger partial charge in [-0.25, -0.2) is 4.79 Å². The number of rotatable bonds is 6. The largest absolute Gasteiger partial charge is 0.467 e. The minimum atomic E-state index is -0.502. The van der Waals surface area contributed by atoms with Crippen molar-refractivity contribution in [1.29, 1.82) is 0 Å². The molecular weight excluding hydrogens is 194 g/mol. The summed E-state index contributed by atoms with van der Waals surface area (Å²) in [6.07, 6.45) is 2.66. The minimum absolute atomic E-state index is 0.198. The van der Waals surface area contributed by atoms with Crippen LogP contribution in [0.4, 0.5) is 0 Å². The van der Waals surface area contributed by atoms with Crippen LogP contribution in [0.5, 0.6) is 0 Å². The highest BCUT2D eigenvalue weighted by Crippen LogP contribution is 2.15. The normalized spacial score (nSPS) is 12.3. The fraction of sp³-hybridized carbons (Fsp3) is 0.818. The van der Waals surface area contributed by atoms with Crippen molar-refractivity contribution in [3.05, 3.63) is 0 Å². The van der Waals surface area contributed by atoms with Gasteiger partial charge in [0.25, 0.3) is 0 Å². The molecule has 0 spiro atoms. The quantitative estimate of drug-likeness (QED) is 0.683. The van der Waals surface area contributed by atoms with E-state index in [1.165, 1.54) is 14.0 Å². The molecule has 0 saturated carbocycles. The number of nitrogens with one attached hydrogen (secondary N) is 1. The van der Waals surface area contributed by atoms with E-state index in [9.17, 15) is 9.59 Å². The number of carbonyl (C=O) groups excluding carboxylic acids is 2. The van der Waals surface area contributed by atoms with Gasteiger partial charge in [-0.3, -0.25) is 4.79 Å². The first kappa shape index (κ1) is 13.9. The molecule has 0 radical (unpaired) electrons. The predicted molar refractivity (Wildman–Crippen MR) is 58.3 cm³/mol. The molecule has 4 heteroatoms. The van der Waals surface area contributed by atoms with Crippen molar-refractivity contribution in [1.82, 2.24) is 5.32 Å². The summed E-state index contributed by atoms with van der Waals surface area (Å²) >= 11 is 0. The predicted octanol–water partition coefficient (Wildman–Crippen LogP) is 1.49. The van der Waals surface area contributed by atoms with Gasteiger partial charge in [-0.1, -0.05) is 26.7 Å². The molecule has 0 rings (SSSR count). The molecule has 0 heterocycles. The Hall–Kier alpha value is -1.06. The second-order valence-electron chi connectivity index (χ2n) is 3.69. The van der Waals surface area contributed by atoms with Crippen molar-refractivity contribution in [2.24, 2.45) is 5.92 Å². The van der Waals surface area contributed by atoms with Crippen molar-refractivity contribution >= 4 is 11.9 Å². The maximum absolute atomic E-state index is 11.4. The van der Waals surface area contributed by atoms with Gasteiger partial charge in [-0.05, 0) is 12.3 Å². The van der Waals surface area contributed by atoms with Gasteiger partial charge < -0.3 is 10.1 Å². The summed E-state index contributed by atoms with van der Waals surface area (Å²) in [5.41, 5.74) is 0. The monoisotopic (exact) mass is 215 g/mol. The first-order valence-corrected chi connectivity index (χ1v) is 5.40. The number of methoxy groups -OCH3 is 1. The van der Waals surface area contributed by atoms with E-state index in [1.54, 1.807) is 0 Å². The summed E-state index contributed by atoms with van der Waals surface area (Å²) in [5, 5.41) is 2.62. The molecule has 1 amide bonds. The smallest absolute Gasteiger partial charge is 0.328 e. The zero-order chi connectivity index (χ0) is 11.8. The molecule has 4 nitrogen and oxygen atoms in total. The number of amides is 1. The number of hydrogen-bond donors (Lipinski definition) is 1. The van der Waals surface area contributed by atoms with Gasteiger partial charge in [0.05, 0.1) is 7.11 Å². The summed E-state index contributed by atoms with van der Waals surface area (Å²) in [4.78, 5) is 22.3. The van der Waals surface area contributed by atoms with E-state index in [-0.39, 0.29) is 11.9 Å². The Balaban J connectivity index is 4.35. The van der Waals surface area contributed by atoms with Gasteiger partial charge in [0.2, 0.25) is 5.91 Å². The summed E-state index contributed by atoms with van der Waals surface area (Å²) in [5.74, 6) is -0.116. The Kier molecular flexibility index (Phi) is 6.75. The van der Waals surface area contributed by atoms with Crippen molar-refractivity contribution in [3.8, 4) is 0 Å². The van der Waals surface area contributed by atoms with Crippen molar-refractivity contribution in [2.45, 2.75) is 46.1 Å². The first-order valence-electron chi connectivity index (χ1n) is 5.40. The topological polar surface area (TPSA) is 55.4 Å². The van der Waals surface area contributed by atoms with Crippen LogP contribution in [0.2, 0.25) is 0 Å². The molecule has 0 bridgehead atoms. The first-order chi connectivity index (χ1) is 7.04. The molecule has 0 saturated heterocycles. The van der Waals surface area contributed by atoms with Crippen molar-refractivity contribution in [3.63, 3.8) is 0 Å². The Morgan fingerprint density at radius 2 is 1.80 bits per heavy atom. The van der Waals surface area contributed by atoms with Gasteiger partial charge in [-0.2, -0.15) is 0 Å². The average molecular weight is 215 g/mol. The molecule has 1 unspecified atom stereocenters. The van der Waals surface area contributed by atoms with Gasteiger partial charge in [0.1, 0.15) is 6.04 Å². The molecule has 0 aromatic rings. The standard InChI is InChI=1S/C11H21NO3/c1-5-9(6-2)7-10(11(14)15-4)12-8(3)13/h9-10H,5-7H2,1-4H3,(H,12,13). The fourth-order valence-electron chi connectivity index (χ4n) is 1.56. The van der Waals surface area contributed by atoms with Crippen LogP contribution in [0.15, 0.2) is 0 Å². The lowest BCUT2D eigenvalue weighted by Crippen LogP contribution is -2.41. The van der Waals surface area contributed by atoms with E-state index in [2.05, 4.69) is 23.9 Å². The lowest BCUT2D eigenvalue weighted by atomic mass is 9.95. The average Bonchev–Trinajstić information content (AvgIpc) is 2.22. The Morgan fingerprint density at radius 3 is 2.13 bits per heavy atom. The van der Waals surface area contributed by atoms with Crippen LogP contribution in [0.1, 0.15) is 40.0 Å². The molecule has 0 fully saturated rings. The molecule has 1 N–H and O–H groups in total. The highest BCUT2D eigenvalue weighted by Gasteiger charge is 2.22. The molecule has 88 valence electrons. The fourth-order valence-corrected chi connectivity index (χ4v) is 1.56. The number of esters is 1. The second kappa shape index (κ2) is 7.26. The molecule has 0 aliphatic rings. The Morgan fingerprint density at radius 1 is 1.27 bits per heavy atom. The molecule has 1 atom stereocenters. The summed E-state index contributed by atoms with van der Waals surface area (Å²) in [6, 6.07) is -0.502. The van der Waals surface area contributed by atoms with Crippen LogP contribution in [0, 0.1) is 5.92 Å². The Labute approximate surface area is 91.4 Å². The van der Waals surface area contributed by atoms with Crippen LogP contribution in [-0.4, -0.2) is 25.0 Å². The SMILES string of the molecule is CCC(CC)CC(NC(C)=O)C(=O)OC. The number of hydrogen-bond acceptors (Lipinski definition) is 3. The van der Waals surface area contributed by atoms with Crippen LogP contribution in [0.3, 0.4) is 0 Å². The lowest BCUT2D eigenvalue weighted by molar-refractivity contribution is -0.145. The highest BCUT2D eigenvalue weighted by molar-refractivity contribution is 5.83. The summed E-state index contributed by atoms with van der Waals surface area (Å²) in [7, 11) is 1.34. The third-order valence-electron chi connectivity index (χ3n) is 2.59. The Bertz CT molecular complexity index is 212. The summed E-state index contributed by atoms with van der Waals surface area (Å²) < 4.78 is 4.65.